The van der Waals surface area contributed by atoms with E-state index < -0.39 is 0 Å². The van der Waals surface area contributed by atoms with Gasteiger partial charge < -0.3 is 9.64 Å². The normalized spacial score (nSPS) is 33.4. The number of ether oxygens (including phenoxy) is 1. The van der Waals surface area contributed by atoms with Crippen molar-refractivity contribution in [2.24, 2.45) is 11.8 Å². The van der Waals surface area contributed by atoms with E-state index in [0.717, 1.165) is 17.0 Å². The van der Waals surface area contributed by atoms with E-state index >= 15 is 0 Å². The van der Waals surface area contributed by atoms with Crippen molar-refractivity contribution in [1.29, 1.82) is 0 Å². The van der Waals surface area contributed by atoms with Crippen molar-refractivity contribution < 1.29 is 9.53 Å². The second-order valence-electron chi connectivity index (χ2n) is 6.28. The van der Waals surface area contributed by atoms with Gasteiger partial charge in [-0.1, -0.05) is 29.0 Å². The Bertz CT molecular complexity index is 286. The minimum absolute atomic E-state index is 0.127. The number of rotatable bonds is 0. The number of carbonyl (C=O) groups excluding carboxylic acids is 1. The lowest BCUT2D eigenvalue weighted by atomic mass is 9.78. The van der Waals surface area contributed by atoms with Gasteiger partial charge in [0.2, 0.25) is 0 Å². The molecule has 2 rings (SSSR count). The standard InChI is InChI=1S/C13H22INO2/c1-13(2,3)17-12(16)15-7-9-5-4-6-10(8-15)11(9)14/h9-11H,4-8H2,1-3H3. The van der Waals surface area contributed by atoms with Crippen LogP contribution in [0.15, 0.2) is 0 Å². The van der Waals surface area contributed by atoms with Crippen molar-refractivity contribution in [1.82, 2.24) is 4.90 Å². The molecule has 1 saturated heterocycles. The largest absolute Gasteiger partial charge is 0.444 e. The quantitative estimate of drug-likeness (QED) is 0.494. The molecule has 0 aromatic rings. The van der Waals surface area contributed by atoms with Crippen LogP contribution in [0.5, 0.6) is 0 Å². The van der Waals surface area contributed by atoms with E-state index in [2.05, 4.69) is 22.6 Å². The van der Waals surface area contributed by atoms with Crippen molar-refractivity contribution in [3.63, 3.8) is 0 Å². The highest BCUT2D eigenvalue weighted by Gasteiger charge is 2.40. The molecule has 0 spiro atoms. The van der Waals surface area contributed by atoms with Crippen LogP contribution in [-0.2, 0) is 4.74 Å². The molecular formula is C13H22INO2. The number of hydrogen-bond acceptors (Lipinski definition) is 2. The summed E-state index contributed by atoms with van der Waals surface area (Å²) in [6.07, 6.45) is 3.74. The fourth-order valence-corrected chi connectivity index (χ4v) is 4.02. The first-order chi connectivity index (χ1) is 7.87. The van der Waals surface area contributed by atoms with Gasteiger partial charge in [-0.2, -0.15) is 0 Å². The van der Waals surface area contributed by atoms with Crippen LogP contribution in [-0.4, -0.2) is 33.6 Å². The number of likely N-dealkylation sites (tertiary alicyclic amines) is 1. The predicted octanol–water partition coefficient (Wildman–Crippen LogP) is 3.46. The third kappa shape index (κ3) is 3.26. The van der Waals surface area contributed by atoms with Gasteiger partial charge >= 0.3 is 6.09 Å². The molecule has 0 aromatic heterocycles. The topological polar surface area (TPSA) is 29.5 Å². The zero-order valence-corrected chi connectivity index (χ0v) is 13.1. The Hall–Kier alpha value is 0. The highest BCUT2D eigenvalue weighted by atomic mass is 127. The number of fused-ring (bicyclic) bond motifs is 2. The minimum Gasteiger partial charge on any atom is -0.444 e. The van der Waals surface area contributed by atoms with Gasteiger partial charge in [0, 0.05) is 17.0 Å². The Labute approximate surface area is 117 Å². The number of halogens is 1. The van der Waals surface area contributed by atoms with E-state index in [1.807, 2.05) is 25.7 Å². The summed E-state index contributed by atoms with van der Waals surface area (Å²) < 4.78 is 6.21. The maximum absolute atomic E-state index is 12.1. The number of nitrogens with zero attached hydrogens (tertiary/aromatic N) is 1. The van der Waals surface area contributed by atoms with Gasteiger partial charge in [-0.05, 0) is 45.4 Å². The SMILES string of the molecule is CC(C)(C)OC(=O)N1CC2CCCC(C1)C2I. The first-order valence-corrected chi connectivity index (χ1v) is 7.73. The van der Waals surface area contributed by atoms with E-state index in [1.54, 1.807) is 0 Å². The monoisotopic (exact) mass is 351 g/mol. The highest BCUT2D eigenvalue weighted by Crippen LogP contribution is 2.39. The van der Waals surface area contributed by atoms with Crippen LogP contribution in [0, 0.1) is 11.8 Å². The molecule has 2 bridgehead atoms. The molecule has 0 aromatic carbocycles. The van der Waals surface area contributed by atoms with Gasteiger partial charge in [0.05, 0.1) is 0 Å². The molecule has 17 heavy (non-hydrogen) atoms. The molecule has 1 aliphatic heterocycles. The summed E-state index contributed by atoms with van der Waals surface area (Å²) in [5, 5.41) is 0. The number of amides is 1. The van der Waals surface area contributed by atoms with Crippen LogP contribution in [0.25, 0.3) is 0 Å². The van der Waals surface area contributed by atoms with Crippen molar-refractivity contribution >= 4 is 28.7 Å². The Kier molecular flexibility index (Phi) is 3.90. The molecule has 2 unspecified atom stereocenters. The van der Waals surface area contributed by atoms with Crippen LogP contribution in [0.2, 0.25) is 0 Å². The van der Waals surface area contributed by atoms with Crippen molar-refractivity contribution in [2.45, 2.75) is 49.6 Å². The van der Waals surface area contributed by atoms with Gasteiger partial charge in [-0.25, -0.2) is 4.79 Å². The molecule has 0 N–H and O–H groups in total. The number of alkyl halides is 1. The first-order valence-electron chi connectivity index (χ1n) is 6.49. The first kappa shape index (κ1) is 13.4. The summed E-state index contributed by atoms with van der Waals surface area (Å²) in [6.45, 7) is 7.56. The third-order valence-corrected chi connectivity index (χ3v) is 5.65. The average molecular weight is 351 g/mol. The summed E-state index contributed by atoms with van der Waals surface area (Å²) in [5.74, 6) is 1.35. The molecule has 98 valence electrons. The lowest BCUT2D eigenvalue weighted by Crippen LogP contribution is -2.52. The predicted molar refractivity (Wildman–Crippen MR) is 76.4 cm³/mol. The molecule has 2 fully saturated rings. The van der Waals surface area contributed by atoms with Gasteiger partial charge in [0.15, 0.2) is 0 Å². The lowest BCUT2D eigenvalue weighted by Gasteiger charge is -2.45. The molecule has 1 heterocycles. The zero-order chi connectivity index (χ0) is 12.6. The molecule has 1 aliphatic carbocycles. The maximum Gasteiger partial charge on any atom is 0.410 e. The van der Waals surface area contributed by atoms with Crippen LogP contribution in [0.1, 0.15) is 40.0 Å². The van der Waals surface area contributed by atoms with Crippen LogP contribution in [0.4, 0.5) is 4.79 Å². The molecule has 3 nitrogen and oxygen atoms in total. The van der Waals surface area contributed by atoms with Crippen molar-refractivity contribution in [2.75, 3.05) is 13.1 Å². The van der Waals surface area contributed by atoms with Gasteiger partial charge in [-0.3, -0.25) is 0 Å². The second-order valence-corrected chi connectivity index (χ2v) is 7.72. The fourth-order valence-electron chi connectivity index (χ4n) is 2.85. The zero-order valence-electron chi connectivity index (χ0n) is 10.9. The molecule has 1 saturated carbocycles. The average Bonchev–Trinajstić information content (AvgIpc) is 2.13. The second kappa shape index (κ2) is 4.94. The third-order valence-electron chi connectivity index (χ3n) is 3.61. The molecule has 4 heteroatoms. The molecule has 2 aliphatic rings. The highest BCUT2D eigenvalue weighted by molar-refractivity contribution is 14.1. The van der Waals surface area contributed by atoms with E-state index in [-0.39, 0.29) is 11.7 Å². The van der Waals surface area contributed by atoms with Gasteiger partial charge in [0.25, 0.3) is 0 Å². The molecule has 0 radical (unpaired) electrons. The maximum atomic E-state index is 12.1. The van der Waals surface area contributed by atoms with E-state index in [1.165, 1.54) is 19.3 Å². The van der Waals surface area contributed by atoms with Crippen molar-refractivity contribution in [3.8, 4) is 0 Å². The number of hydrogen-bond donors (Lipinski definition) is 0. The Morgan fingerprint density at radius 2 is 1.76 bits per heavy atom. The fraction of sp³-hybridized carbons (Fsp3) is 0.923. The summed E-state index contributed by atoms with van der Waals surface area (Å²) >= 11 is 2.58. The number of piperidine rings is 1. The Balaban J connectivity index is 1.97. The Morgan fingerprint density at radius 1 is 1.24 bits per heavy atom. The van der Waals surface area contributed by atoms with Crippen LogP contribution >= 0.6 is 22.6 Å². The van der Waals surface area contributed by atoms with Crippen molar-refractivity contribution in [3.05, 3.63) is 0 Å². The molecular weight excluding hydrogens is 329 g/mol. The lowest BCUT2D eigenvalue weighted by molar-refractivity contribution is 0.00608. The molecule has 1 amide bonds. The minimum atomic E-state index is -0.382. The van der Waals surface area contributed by atoms with Gasteiger partial charge in [0.1, 0.15) is 5.60 Å². The van der Waals surface area contributed by atoms with Crippen LogP contribution in [0.3, 0.4) is 0 Å². The summed E-state index contributed by atoms with van der Waals surface area (Å²) in [7, 11) is 0. The molecule has 2 atom stereocenters. The summed E-state index contributed by atoms with van der Waals surface area (Å²) in [6, 6.07) is 0. The summed E-state index contributed by atoms with van der Waals surface area (Å²) in [5.41, 5.74) is -0.382. The Morgan fingerprint density at radius 3 is 2.24 bits per heavy atom. The van der Waals surface area contributed by atoms with E-state index in [4.69, 9.17) is 4.74 Å². The smallest absolute Gasteiger partial charge is 0.410 e. The van der Waals surface area contributed by atoms with E-state index in [9.17, 15) is 4.79 Å². The summed E-state index contributed by atoms with van der Waals surface area (Å²) in [4.78, 5) is 14.0. The van der Waals surface area contributed by atoms with Crippen LogP contribution < -0.4 is 0 Å². The van der Waals surface area contributed by atoms with E-state index in [0.29, 0.717) is 11.8 Å². The van der Waals surface area contributed by atoms with Gasteiger partial charge in [-0.15, -0.1) is 0 Å². The number of carbonyl (C=O) groups is 1.